The van der Waals surface area contributed by atoms with Gasteiger partial charge in [0.2, 0.25) is 0 Å². The van der Waals surface area contributed by atoms with Crippen LogP contribution < -0.4 is 5.73 Å². The minimum Gasteiger partial charge on any atom is -0.397 e. The Hall–Kier alpha value is -0.580. The van der Waals surface area contributed by atoms with E-state index >= 15 is 0 Å². The average molecular weight is 638 g/mol. The lowest BCUT2D eigenvalue weighted by Crippen LogP contribution is -2.33. The number of imidazole rings is 1. The molecule has 0 saturated carbocycles. The number of nitrogen functional groups attached to an aromatic ring is 1. The number of aliphatic hydroxyl groups excluding tert-OH is 2. The first-order valence-corrected chi connectivity index (χ1v) is 18.4. The summed E-state index contributed by atoms with van der Waals surface area (Å²) in [5.41, 5.74) is 8.58. The minimum atomic E-state index is -5.50. The summed E-state index contributed by atoms with van der Waals surface area (Å²) in [6.45, 7) is -3.24. The van der Waals surface area contributed by atoms with E-state index in [0.29, 0.717) is 16.7 Å². The first-order chi connectivity index (χ1) is 17.5. The van der Waals surface area contributed by atoms with Gasteiger partial charge in [-0.3, -0.25) is 0 Å². The number of aromatic nitrogens is 2. The zero-order valence-corrected chi connectivity index (χ0v) is 24.4. The maximum Gasteiger partial charge on any atom is 0.488 e. The number of rotatable bonds is 13. The number of fused-ring (bicyclic) bond motifs is 1. The molecule has 7 atom stereocenters. The van der Waals surface area contributed by atoms with Crippen LogP contribution in [0, 0.1) is 0 Å². The van der Waals surface area contributed by atoms with Crippen LogP contribution in [0.25, 0.3) is 11.0 Å². The third-order valence-electron chi connectivity index (χ3n) is 5.50. The van der Waals surface area contributed by atoms with Gasteiger partial charge in [0.1, 0.15) is 23.8 Å². The van der Waals surface area contributed by atoms with Gasteiger partial charge < -0.3 is 49.3 Å². The second-order valence-electron chi connectivity index (χ2n) is 8.35. The molecule has 15 nitrogen and oxygen atoms in total. The van der Waals surface area contributed by atoms with Crippen molar-refractivity contribution in [1.82, 2.24) is 9.55 Å². The van der Waals surface area contributed by atoms with Crippen LogP contribution >= 0.6 is 32.8 Å². The molecular weight excluding hydrogens is 607 g/mol. The van der Waals surface area contributed by atoms with Crippen molar-refractivity contribution < 1.29 is 56.8 Å². The van der Waals surface area contributed by atoms with Crippen LogP contribution in [0.5, 0.6) is 0 Å². The third kappa shape index (κ3) is 8.46. The molecule has 1 aromatic carbocycles. The molecule has 0 radical (unpaired) electrons. The maximum atomic E-state index is 11.7. The predicted octanol–water partition coefficient (Wildman–Crippen LogP) is 1.35. The van der Waals surface area contributed by atoms with Gasteiger partial charge in [0, 0.05) is 0 Å². The molecule has 216 valence electrons. The van der Waals surface area contributed by atoms with Crippen molar-refractivity contribution in [3.05, 3.63) is 24.0 Å². The van der Waals surface area contributed by atoms with Crippen molar-refractivity contribution in [3.8, 4) is 0 Å². The summed E-state index contributed by atoms with van der Waals surface area (Å²) in [5.74, 6) is 6.10. The summed E-state index contributed by atoms with van der Waals surface area (Å²) in [6.07, 6.45) is -2.43. The van der Waals surface area contributed by atoms with E-state index in [-0.39, 0.29) is 10.5 Å². The van der Waals surface area contributed by atoms with Crippen molar-refractivity contribution in [2.45, 2.75) is 44.3 Å². The number of benzene rings is 1. The first-order valence-electron chi connectivity index (χ1n) is 11.0. The lowest BCUT2D eigenvalue weighted by atomic mass is 10.1. The molecule has 38 heavy (non-hydrogen) atoms. The fourth-order valence-electron chi connectivity index (χ4n) is 3.76. The van der Waals surface area contributed by atoms with Crippen LogP contribution in [0.3, 0.4) is 0 Å². The Balaban J connectivity index is 1.72. The lowest BCUT2D eigenvalue weighted by Gasteiger charge is -2.21. The average Bonchev–Trinajstić information content (AvgIpc) is 3.31. The van der Waals surface area contributed by atoms with E-state index in [1.54, 1.807) is 0 Å². The monoisotopic (exact) mass is 637 g/mol. The topological polar surface area (TPSA) is 236 Å². The Morgan fingerprint density at radius 3 is 2.53 bits per heavy atom. The molecule has 20 heteroatoms. The molecule has 0 amide bonds. The zero-order valence-electron chi connectivity index (χ0n) is 20.0. The van der Waals surface area contributed by atoms with E-state index < -0.39 is 53.5 Å². The van der Waals surface area contributed by atoms with Gasteiger partial charge in [0.25, 0.3) is 0 Å². The fourth-order valence-corrected chi connectivity index (χ4v) is 8.57. The van der Waals surface area contributed by atoms with Gasteiger partial charge in [-0.05, 0) is 53.9 Å². The normalized spacial score (nSPS) is 26.3. The van der Waals surface area contributed by atoms with Gasteiger partial charge in [-0.1, -0.05) is 12.8 Å². The van der Waals surface area contributed by atoms with Crippen LogP contribution in [0.1, 0.15) is 25.1 Å². The highest BCUT2D eigenvalue weighted by atomic mass is 32.5. The van der Waals surface area contributed by atoms with Gasteiger partial charge >= 0.3 is 22.4 Å². The fraction of sp³-hybridized carbons (Fsp3) is 0.556. The molecule has 0 aliphatic carbocycles. The SMILES string of the molecule is C=S(CC)CCCc1cc(N)c2ncn([C@@H]3O[C@H](COP(O)(=S)OP(=O)(O)OP(=O)(O)O)[C@@H](O)[C@H]3O)c2c1. The van der Waals surface area contributed by atoms with Crippen LogP contribution in [0.2, 0.25) is 0 Å². The van der Waals surface area contributed by atoms with Gasteiger partial charge in [0.15, 0.2) is 6.23 Å². The Morgan fingerprint density at radius 2 is 1.89 bits per heavy atom. The van der Waals surface area contributed by atoms with Crippen LogP contribution in [0.4, 0.5) is 5.69 Å². The summed E-state index contributed by atoms with van der Waals surface area (Å²) in [7, 11) is -10.9. The standard InChI is InChI=1S/C18H30N3O12P3S2/c1-3-38(2)6-4-5-11-7-12(19)15-13(8-11)21(10-20-15)18-17(23)16(22)14(31-18)9-30-36(29,37)33-35(27,28)32-34(24,25)26/h7-8,10,14,16-18,22-23H,2-6,9,19H2,1H3,(H,27,28)(H,29,37)(H2,24,25,26)/t14-,16-,17-,18-,36?,38?/m1/s1. The van der Waals surface area contributed by atoms with Gasteiger partial charge in [0.05, 0.1) is 24.1 Å². The number of hydrogen-bond donors (Lipinski definition) is 7. The molecule has 8 N–H and O–H groups in total. The highest BCUT2D eigenvalue weighted by Gasteiger charge is 2.46. The molecular formula is C18H30N3O12P3S2. The van der Waals surface area contributed by atoms with Gasteiger partial charge in [-0.2, -0.15) is 14.8 Å². The van der Waals surface area contributed by atoms with Crippen LogP contribution in [-0.2, 0) is 45.2 Å². The number of aliphatic hydroxyl groups is 2. The number of nitrogens with zero attached hydrogens (tertiary/aromatic N) is 2. The highest BCUT2D eigenvalue weighted by Crippen LogP contribution is 2.66. The Bertz CT molecular complexity index is 1320. The highest BCUT2D eigenvalue weighted by molar-refractivity contribution is 8.14. The zero-order chi connectivity index (χ0) is 28.5. The summed E-state index contributed by atoms with van der Waals surface area (Å²) in [5, 5.41) is 21.1. The summed E-state index contributed by atoms with van der Waals surface area (Å²) >= 11 is 4.57. The van der Waals surface area contributed by atoms with E-state index in [1.807, 2.05) is 12.1 Å². The van der Waals surface area contributed by atoms with Crippen molar-refractivity contribution in [2.75, 3.05) is 23.8 Å². The first kappa shape index (κ1) is 31.9. The molecule has 1 aliphatic heterocycles. The van der Waals surface area contributed by atoms with E-state index in [0.717, 1.165) is 29.9 Å². The Labute approximate surface area is 225 Å². The lowest BCUT2D eigenvalue weighted by molar-refractivity contribution is -0.0484. The molecule has 3 unspecified atom stereocenters. The van der Waals surface area contributed by atoms with Crippen LogP contribution in [-0.4, -0.2) is 81.6 Å². The predicted molar refractivity (Wildman–Crippen MR) is 145 cm³/mol. The molecule has 3 rings (SSSR count). The van der Waals surface area contributed by atoms with Gasteiger partial charge in [-0.15, -0.1) is 0 Å². The summed E-state index contributed by atoms with van der Waals surface area (Å²) in [4.78, 5) is 41.0. The quantitative estimate of drug-likeness (QED) is 0.0932. The second kappa shape index (κ2) is 12.5. The molecule has 2 aromatic rings. The molecule has 1 aromatic heterocycles. The number of hydrogen-bond acceptors (Lipinski definition) is 11. The van der Waals surface area contributed by atoms with Crippen molar-refractivity contribution >= 4 is 67.2 Å². The van der Waals surface area contributed by atoms with Crippen molar-refractivity contribution in [3.63, 3.8) is 0 Å². The maximum absolute atomic E-state index is 11.7. The van der Waals surface area contributed by atoms with E-state index in [1.165, 1.54) is 10.9 Å². The summed E-state index contributed by atoms with van der Waals surface area (Å²) < 4.78 is 42.3. The van der Waals surface area contributed by atoms with E-state index in [2.05, 4.69) is 38.2 Å². The molecule has 0 spiro atoms. The van der Waals surface area contributed by atoms with Crippen LogP contribution in [0.15, 0.2) is 18.5 Å². The number of phosphoric acid groups is 2. The molecule has 1 fully saturated rings. The van der Waals surface area contributed by atoms with Gasteiger partial charge in [-0.25, -0.2) is 18.4 Å². The smallest absolute Gasteiger partial charge is 0.397 e. The molecule has 0 bridgehead atoms. The van der Waals surface area contributed by atoms with Crippen molar-refractivity contribution in [2.24, 2.45) is 0 Å². The van der Waals surface area contributed by atoms with Crippen molar-refractivity contribution in [1.29, 1.82) is 0 Å². The molecule has 1 saturated heterocycles. The minimum absolute atomic E-state index is 0.0918. The Kier molecular flexibility index (Phi) is 10.5. The number of ether oxygens (including phenoxy) is 1. The largest absolute Gasteiger partial charge is 0.488 e. The number of anilines is 1. The summed E-state index contributed by atoms with van der Waals surface area (Å²) in [6, 6.07) is 3.69. The second-order valence-corrected chi connectivity index (χ2v) is 16.4. The number of aryl methyl sites for hydroxylation is 1. The molecule has 1 aliphatic rings. The molecule has 2 heterocycles. The Morgan fingerprint density at radius 1 is 1.21 bits per heavy atom. The van der Waals surface area contributed by atoms with E-state index in [4.69, 9.17) is 24.8 Å². The third-order valence-corrected chi connectivity index (χ3v) is 11.9. The van der Waals surface area contributed by atoms with E-state index in [9.17, 15) is 29.1 Å². The number of nitrogens with two attached hydrogens (primary N) is 1.